The third-order valence-electron chi connectivity index (χ3n) is 6.11. The molecule has 0 aliphatic heterocycles. The van der Waals surface area contributed by atoms with Gasteiger partial charge in [-0.3, -0.25) is 13.9 Å². The monoisotopic (exact) mass is 501 g/mol. The van der Waals surface area contributed by atoms with E-state index in [-0.39, 0.29) is 24.9 Å². The summed E-state index contributed by atoms with van der Waals surface area (Å²) in [6.07, 6.45) is 2.89. The lowest BCUT2D eigenvalue weighted by molar-refractivity contribution is -0.139. The highest BCUT2D eigenvalue weighted by atomic mass is 32.2. The van der Waals surface area contributed by atoms with Gasteiger partial charge in [0.2, 0.25) is 21.8 Å². The average molecular weight is 502 g/mol. The molecule has 0 bridgehead atoms. The summed E-state index contributed by atoms with van der Waals surface area (Å²) < 4.78 is 26.8. The Bertz CT molecular complexity index is 1110. The van der Waals surface area contributed by atoms with Crippen molar-refractivity contribution < 1.29 is 18.0 Å². The van der Waals surface area contributed by atoms with E-state index in [9.17, 15) is 18.0 Å². The van der Waals surface area contributed by atoms with Crippen LogP contribution in [0.5, 0.6) is 0 Å². The predicted octanol–water partition coefficient (Wildman–Crippen LogP) is 4.22. The van der Waals surface area contributed by atoms with Gasteiger partial charge in [0.15, 0.2) is 0 Å². The Hall–Kier alpha value is -2.87. The number of nitrogens with one attached hydrogen (secondary N) is 1. The van der Waals surface area contributed by atoms with Crippen molar-refractivity contribution in [3.63, 3.8) is 0 Å². The van der Waals surface area contributed by atoms with E-state index in [2.05, 4.69) is 5.32 Å². The van der Waals surface area contributed by atoms with Gasteiger partial charge >= 0.3 is 0 Å². The Kier molecular flexibility index (Phi) is 10.3. The first kappa shape index (κ1) is 28.4. The van der Waals surface area contributed by atoms with Crippen LogP contribution in [0.4, 0.5) is 5.69 Å². The molecule has 2 aromatic rings. The van der Waals surface area contributed by atoms with Gasteiger partial charge in [-0.15, -0.1) is 0 Å². The largest absolute Gasteiger partial charge is 0.354 e. The normalized spacial score (nSPS) is 12.3. The fraction of sp³-hybridized carbons (Fsp3) is 0.481. The molecule has 8 heteroatoms. The molecule has 0 saturated heterocycles. The van der Waals surface area contributed by atoms with Crippen LogP contribution in [0.1, 0.15) is 63.1 Å². The summed E-state index contributed by atoms with van der Waals surface area (Å²) in [6, 6.07) is 14.1. The molecule has 0 saturated carbocycles. The Labute approximate surface area is 210 Å². The van der Waals surface area contributed by atoms with Crippen molar-refractivity contribution in [3.8, 4) is 0 Å². The molecule has 2 rings (SSSR count). The maximum absolute atomic E-state index is 13.7. The van der Waals surface area contributed by atoms with Crippen LogP contribution >= 0.6 is 0 Å². The number of benzene rings is 2. The minimum Gasteiger partial charge on any atom is -0.354 e. The number of carbonyl (C=O) groups excluding carboxylic acids is 2. The SMILES string of the molecule is CCCCNC(=O)[C@@H](C)N(Cc1ccccc1C)C(=O)CN(c1ccccc1C(C)C)S(C)(=O)=O. The fourth-order valence-electron chi connectivity index (χ4n) is 3.89. The van der Waals surface area contributed by atoms with E-state index in [0.29, 0.717) is 12.2 Å². The van der Waals surface area contributed by atoms with Gasteiger partial charge in [0.1, 0.15) is 12.6 Å². The number of hydrogen-bond acceptors (Lipinski definition) is 4. The maximum atomic E-state index is 13.7. The topological polar surface area (TPSA) is 86.8 Å². The number of para-hydroxylation sites is 1. The van der Waals surface area contributed by atoms with E-state index >= 15 is 0 Å². The van der Waals surface area contributed by atoms with Crippen molar-refractivity contribution in [1.82, 2.24) is 10.2 Å². The zero-order valence-corrected chi connectivity index (χ0v) is 22.6. The number of amides is 2. The van der Waals surface area contributed by atoms with Gasteiger partial charge in [0.05, 0.1) is 11.9 Å². The first-order valence-electron chi connectivity index (χ1n) is 12.2. The van der Waals surface area contributed by atoms with E-state index in [1.165, 1.54) is 4.90 Å². The standard InChI is InChI=1S/C27H39N3O4S/c1-7-8-17-28-27(32)22(5)29(18-23-14-10-9-13-21(23)4)26(31)19-30(35(6,33)34)25-16-12-11-15-24(25)20(2)3/h9-16,20,22H,7-8,17-19H2,1-6H3,(H,28,32)/t22-/m1/s1. The van der Waals surface area contributed by atoms with Gasteiger partial charge in [0, 0.05) is 13.1 Å². The number of sulfonamides is 1. The number of carbonyl (C=O) groups is 2. The minimum absolute atomic E-state index is 0.0666. The van der Waals surface area contributed by atoms with Crippen LogP contribution in [0.3, 0.4) is 0 Å². The predicted molar refractivity (Wildman–Crippen MR) is 142 cm³/mol. The van der Waals surface area contributed by atoms with Crippen LogP contribution in [0.15, 0.2) is 48.5 Å². The van der Waals surface area contributed by atoms with E-state index in [1.54, 1.807) is 19.1 Å². The van der Waals surface area contributed by atoms with Crippen molar-refractivity contribution in [3.05, 3.63) is 65.2 Å². The molecule has 2 amide bonds. The summed E-state index contributed by atoms with van der Waals surface area (Å²) >= 11 is 0. The second-order valence-corrected chi connectivity index (χ2v) is 11.2. The van der Waals surface area contributed by atoms with Crippen molar-refractivity contribution >= 4 is 27.5 Å². The quantitative estimate of drug-likeness (QED) is 0.441. The lowest BCUT2D eigenvalue weighted by Crippen LogP contribution is -2.51. The van der Waals surface area contributed by atoms with Crippen LogP contribution in [0.25, 0.3) is 0 Å². The highest BCUT2D eigenvalue weighted by molar-refractivity contribution is 7.92. The Morgan fingerprint density at radius 3 is 2.23 bits per heavy atom. The fourth-order valence-corrected chi connectivity index (χ4v) is 4.76. The highest BCUT2D eigenvalue weighted by Gasteiger charge is 2.31. The van der Waals surface area contributed by atoms with Gasteiger partial charge in [-0.25, -0.2) is 8.42 Å². The molecule has 2 aromatic carbocycles. The molecule has 1 atom stereocenters. The minimum atomic E-state index is -3.76. The van der Waals surface area contributed by atoms with Crippen molar-refractivity contribution in [2.45, 2.75) is 66.0 Å². The van der Waals surface area contributed by atoms with Crippen LogP contribution in [0, 0.1) is 6.92 Å². The lowest BCUT2D eigenvalue weighted by Gasteiger charge is -2.32. The molecular weight excluding hydrogens is 462 g/mol. The summed E-state index contributed by atoms with van der Waals surface area (Å²) in [6.45, 7) is 9.98. The lowest BCUT2D eigenvalue weighted by atomic mass is 10.0. The van der Waals surface area contributed by atoms with Crippen molar-refractivity contribution in [2.24, 2.45) is 0 Å². The molecule has 192 valence electrons. The number of aryl methyl sites for hydroxylation is 1. The first-order chi connectivity index (χ1) is 16.5. The van der Waals surface area contributed by atoms with Crippen LogP contribution < -0.4 is 9.62 Å². The zero-order valence-electron chi connectivity index (χ0n) is 21.7. The third-order valence-corrected chi connectivity index (χ3v) is 7.23. The number of anilines is 1. The Morgan fingerprint density at radius 2 is 1.63 bits per heavy atom. The summed E-state index contributed by atoms with van der Waals surface area (Å²) in [5, 5.41) is 2.89. The number of hydrogen-bond donors (Lipinski definition) is 1. The number of nitrogens with zero attached hydrogens (tertiary/aromatic N) is 2. The molecule has 7 nitrogen and oxygen atoms in total. The highest BCUT2D eigenvalue weighted by Crippen LogP contribution is 2.29. The van der Waals surface area contributed by atoms with E-state index in [1.807, 2.05) is 64.1 Å². The Morgan fingerprint density at radius 1 is 1.00 bits per heavy atom. The number of rotatable bonds is 12. The van der Waals surface area contributed by atoms with E-state index < -0.39 is 22.0 Å². The molecule has 1 N–H and O–H groups in total. The van der Waals surface area contributed by atoms with E-state index in [4.69, 9.17) is 0 Å². The van der Waals surface area contributed by atoms with Gasteiger partial charge in [0.25, 0.3) is 0 Å². The Balaban J connectivity index is 2.43. The van der Waals surface area contributed by atoms with Crippen molar-refractivity contribution in [1.29, 1.82) is 0 Å². The third kappa shape index (κ3) is 7.82. The summed E-state index contributed by atoms with van der Waals surface area (Å²) in [4.78, 5) is 28.1. The molecule has 0 aliphatic rings. The molecule has 35 heavy (non-hydrogen) atoms. The van der Waals surface area contributed by atoms with Gasteiger partial charge in [-0.1, -0.05) is 69.7 Å². The molecule has 0 unspecified atom stereocenters. The molecule has 0 aliphatic carbocycles. The second-order valence-electron chi connectivity index (χ2n) is 9.25. The smallest absolute Gasteiger partial charge is 0.244 e. The summed E-state index contributed by atoms with van der Waals surface area (Å²) in [5.74, 6) is -0.624. The second kappa shape index (κ2) is 12.7. The number of unbranched alkanes of at least 4 members (excludes halogenated alkanes) is 1. The van der Waals surface area contributed by atoms with Gasteiger partial charge < -0.3 is 10.2 Å². The summed E-state index contributed by atoms with van der Waals surface area (Å²) in [5.41, 5.74) is 3.22. The van der Waals surface area contributed by atoms with Crippen molar-refractivity contribution in [2.75, 3.05) is 23.7 Å². The van der Waals surface area contributed by atoms with Crippen LogP contribution in [0.2, 0.25) is 0 Å². The molecular formula is C27H39N3O4S. The molecule has 0 aromatic heterocycles. The van der Waals surface area contributed by atoms with Gasteiger partial charge in [-0.2, -0.15) is 0 Å². The maximum Gasteiger partial charge on any atom is 0.244 e. The zero-order chi connectivity index (χ0) is 26.2. The van der Waals surface area contributed by atoms with Crippen LogP contribution in [-0.2, 0) is 26.2 Å². The first-order valence-corrected chi connectivity index (χ1v) is 14.0. The van der Waals surface area contributed by atoms with E-state index in [0.717, 1.165) is 40.1 Å². The summed E-state index contributed by atoms with van der Waals surface area (Å²) in [7, 11) is -3.76. The average Bonchev–Trinajstić information content (AvgIpc) is 2.80. The molecule has 0 heterocycles. The van der Waals surface area contributed by atoms with Gasteiger partial charge in [-0.05, 0) is 48.9 Å². The molecule has 0 spiro atoms. The molecule has 0 fully saturated rings. The van der Waals surface area contributed by atoms with Crippen LogP contribution in [-0.4, -0.2) is 50.5 Å². The molecule has 0 radical (unpaired) electrons.